The third-order valence-electron chi connectivity index (χ3n) is 5.77. The summed E-state index contributed by atoms with van der Waals surface area (Å²) in [4.78, 5) is 30.2. The van der Waals surface area contributed by atoms with Crippen LogP contribution >= 0.6 is 0 Å². The van der Waals surface area contributed by atoms with Crippen molar-refractivity contribution in [3.05, 3.63) is 29.6 Å². The minimum absolute atomic E-state index is 0.217. The van der Waals surface area contributed by atoms with E-state index < -0.39 is 17.4 Å². The third kappa shape index (κ3) is 6.32. The predicted molar refractivity (Wildman–Crippen MR) is 117 cm³/mol. The van der Waals surface area contributed by atoms with Gasteiger partial charge in [0.2, 0.25) is 0 Å². The van der Waals surface area contributed by atoms with E-state index in [-0.39, 0.29) is 11.7 Å². The lowest BCUT2D eigenvalue weighted by molar-refractivity contribution is 0.0143. The molecule has 1 aromatic carbocycles. The van der Waals surface area contributed by atoms with Crippen LogP contribution < -0.4 is 4.90 Å². The van der Waals surface area contributed by atoms with Crippen LogP contribution in [0.2, 0.25) is 0 Å². The number of halogens is 1. The van der Waals surface area contributed by atoms with E-state index in [2.05, 4.69) is 9.64 Å². The number of esters is 1. The van der Waals surface area contributed by atoms with Crippen molar-refractivity contribution in [2.75, 3.05) is 57.8 Å². The number of benzene rings is 1. The molecule has 0 spiro atoms. The Bertz CT molecular complexity index is 788. The molecule has 0 aliphatic carbocycles. The Hall–Kier alpha value is -2.35. The molecule has 3 rings (SSSR count). The molecule has 0 radical (unpaired) electrons. The summed E-state index contributed by atoms with van der Waals surface area (Å²) in [5, 5.41) is 0. The van der Waals surface area contributed by atoms with Crippen molar-refractivity contribution < 1.29 is 23.5 Å². The molecular formula is C23H34FN3O4. The summed E-state index contributed by atoms with van der Waals surface area (Å²) in [6.45, 7) is 11.2. The fraction of sp³-hybridized carbons (Fsp3) is 0.652. The fourth-order valence-electron chi connectivity index (χ4n) is 4.25. The van der Waals surface area contributed by atoms with Gasteiger partial charge in [-0.25, -0.2) is 14.0 Å². The highest BCUT2D eigenvalue weighted by Gasteiger charge is 2.29. The van der Waals surface area contributed by atoms with E-state index in [1.807, 2.05) is 30.6 Å². The largest absolute Gasteiger partial charge is 0.465 e. The van der Waals surface area contributed by atoms with E-state index in [0.717, 1.165) is 58.7 Å². The molecule has 1 amide bonds. The first-order valence-corrected chi connectivity index (χ1v) is 11.0. The summed E-state index contributed by atoms with van der Waals surface area (Å²) in [6.07, 6.45) is 1.86. The van der Waals surface area contributed by atoms with E-state index in [4.69, 9.17) is 4.74 Å². The van der Waals surface area contributed by atoms with Gasteiger partial charge in [-0.15, -0.1) is 0 Å². The maximum atomic E-state index is 14.5. The second-order valence-corrected chi connectivity index (χ2v) is 9.38. The number of ether oxygens (including phenoxy) is 2. The van der Waals surface area contributed by atoms with Gasteiger partial charge in [0.1, 0.15) is 11.4 Å². The van der Waals surface area contributed by atoms with Crippen LogP contribution in [0.1, 0.15) is 44.0 Å². The summed E-state index contributed by atoms with van der Waals surface area (Å²) in [5.41, 5.74) is 0.250. The zero-order valence-corrected chi connectivity index (χ0v) is 19.0. The standard InChI is InChI=1S/C23H34FN3O4/c1-23(2,3)31-22(29)27-9-5-6-17(16-27)15-25-10-12-26(13-11-25)20-8-7-18(14-19(20)24)21(28)30-4/h7-8,14,17H,5-6,9-13,15-16H2,1-4H3. The van der Waals surface area contributed by atoms with Crippen molar-refractivity contribution >= 4 is 17.7 Å². The SMILES string of the molecule is COC(=O)c1ccc(N2CCN(CC3CCCN(C(=O)OC(C)(C)C)C3)CC2)c(F)c1. The van der Waals surface area contributed by atoms with Gasteiger partial charge in [0, 0.05) is 45.8 Å². The molecule has 31 heavy (non-hydrogen) atoms. The number of carbonyl (C=O) groups is 2. The Morgan fingerprint density at radius 1 is 1.13 bits per heavy atom. The molecule has 1 aromatic rings. The van der Waals surface area contributed by atoms with E-state index in [0.29, 0.717) is 11.6 Å². The van der Waals surface area contributed by atoms with Crippen LogP contribution in [0.4, 0.5) is 14.9 Å². The molecule has 2 aliphatic rings. The van der Waals surface area contributed by atoms with Gasteiger partial charge in [-0.2, -0.15) is 0 Å². The van der Waals surface area contributed by atoms with Crippen LogP contribution in [0.15, 0.2) is 18.2 Å². The van der Waals surface area contributed by atoms with Crippen molar-refractivity contribution in [1.82, 2.24) is 9.80 Å². The molecule has 8 heteroatoms. The highest BCUT2D eigenvalue weighted by molar-refractivity contribution is 5.89. The maximum Gasteiger partial charge on any atom is 0.410 e. The van der Waals surface area contributed by atoms with Gasteiger partial charge in [-0.05, 0) is 57.7 Å². The van der Waals surface area contributed by atoms with Crippen LogP contribution in [0.3, 0.4) is 0 Å². The smallest absolute Gasteiger partial charge is 0.410 e. The van der Waals surface area contributed by atoms with Crippen LogP contribution in [0.25, 0.3) is 0 Å². The number of anilines is 1. The number of piperidine rings is 1. The summed E-state index contributed by atoms with van der Waals surface area (Å²) < 4.78 is 24.7. The number of piperazine rings is 1. The maximum absolute atomic E-state index is 14.5. The average Bonchev–Trinajstić information content (AvgIpc) is 2.73. The van der Waals surface area contributed by atoms with Crippen molar-refractivity contribution in [3.8, 4) is 0 Å². The minimum Gasteiger partial charge on any atom is -0.465 e. The second-order valence-electron chi connectivity index (χ2n) is 9.38. The third-order valence-corrected chi connectivity index (χ3v) is 5.77. The van der Waals surface area contributed by atoms with E-state index in [9.17, 15) is 14.0 Å². The first kappa shape index (κ1) is 23.3. The Morgan fingerprint density at radius 3 is 2.45 bits per heavy atom. The molecule has 0 bridgehead atoms. The average molecular weight is 436 g/mol. The van der Waals surface area contributed by atoms with E-state index in [1.165, 1.54) is 13.2 Å². The van der Waals surface area contributed by atoms with Crippen molar-refractivity contribution in [1.29, 1.82) is 0 Å². The van der Waals surface area contributed by atoms with Crippen molar-refractivity contribution in [2.45, 2.75) is 39.2 Å². The van der Waals surface area contributed by atoms with Gasteiger partial charge in [-0.3, -0.25) is 4.90 Å². The fourth-order valence-corrected chi connectivity index (χ4v) is 4.25. The number of amides is 1. The zero-order valence-electron chi connectivity index (χ0n) is 19.0. The van der Waals surface area contributed by atoms with Gasteiger partial charge in [0.15, 0.2) is 0 Å². The Balaban J connectivity index is 1.50. The van der Waals surface area contributed by atoms with Gasteiger partial charge >= 0.3 is 12.1 Å². The second kappa shape index (κ2) is 9.85. The zero-order chi connectivity index (χ0) is 22.6. The molecule has 2 aliphatic heterocycles. The summed E-state index contributed by atoms with van der Waals surface area (Å²) >= 11 is 0. The summed E-state index contributed by atoms with van der Waals surface area (Å²) in [5.74, 6) is -0.524. The van der Waals surface area contributed by atoms with E-state index >= 15 is 0 Å². The van der Waals surface area contributed by atoms with Crippen molar-refractivity contribution in [3.63, 3.8) is 0 Å². The lowest BCUT2D eigenvalue weighted by Crippen LogP contribution is -2.50. The van der Waals surface area contributed by atoms with E-state index in [1.54, 1.807) is 12.1 Å². The number of rotatable bonds is 4. The topological polar surface area (TPSA) is 62.3 Å². The summed E-state index contributed by atoms with van der Waals surface area (Å²) in [6, 6.07) is 4.49. The number of hydrogen-bond acceptors (Lipinski definition) is 6. The molecule has 0 N–H and O–H groups in total. The molecule has 2 fully saturated rings. The number of methoxy groups -OCH3 is 1. The van der Waals surface area contributed by atoms with Gasteiger partial charge < -0.3 is 19.3 Å². The normalized spacial score (nSPS) is 20.5. The Kier molecular flexibility index (Phi) is 7.41. The molecule has 7 nitrogen and oxygen atoms in total. The predicted octanol–water partition coefficient (Wildman–Crippen LogP) is 3.38. The number of hydrogen-bond donors (Lipinski definition) is 0. The molecule has 0 saturated carbocycles. The van der Waals surface area contributed by atoms with Gasteiger partial charge in [-0.1, -0.05) is 0 Å². The van der Waals surface area contributed by atoms with Gasteiger partial charge in [0.05, 0.1) is 18.4 Å². The monoisotopic (exact) mass is 435 g/mol. The molecule has 2 heterocycles. The van der Waals surface area contributed by atoms with Gasteiger partial charge in [0.25, 0.3) is 0 Å². The van der Waals surface area contributed by atoms with Crippen LogP contribution in [-0.2, 0) is 9.47 Å². The van der Waals surface area contributed by atoms with Crippen LogP contribution in [0, 0.1) is 11.7 Å². The minimum atomic E-state index is -0.539. The quantitative estimate of drug-likeness (QED) is 0.676. The first-order chi connectivity index (χ1) is 14.7. The molecule has 0 aromatic heterocycles. The number of nitrogens with zero attached hydrogens (tertiary/aromatic N) is 3. The summed E-state index contributed by atoms with van der Waals surface area (Å²) in [7, 11) is 1.28. The molecule has 1 atom stereocenters. The van der Waals surface area contributed by atoms with Crippen molar-refractivity contribution in [2.24, 2.45) is 5.92 Å². The highest BCUT2D eigenvalue weighted by Crippen LogP contribution is 2.24. The molecule has 172 valence electrons. The number of carbonyl (C=O) groups excluding carboxylic acids is 2. The molecular weight excluding hydrogens is 401 g/mol. The first-order valence-electron chi connectivity index (χ1n) is 11.0. The van der Waals surface area contributed by atoms with Crippen LogP contribution in [0.5, 0.6) is 0 Å². The lowest BCUT2D eigenvalue weighted by atomic mass is 9.97. The molecule has 2 saturated heterocycles. The lowest BCUT2D eigenvalue weighted by Gasteiger charge is -2.40. The van der Waals surface area contributed by atoms with Crippen LogP contribution in [-0.4, -0.2) is 80.4 Å². The Labute approximate surface area is 184 Å². The Morgan fingerprint density at radius 2 is 1.84 bits per heavy atom. The number of likely N-dealkylation sites (tertiary alicyclic amines) is 1. The highest BCUT2D eigenvalue weighted by atomic mass is 19.1. The molecule has 1 unspecified atom stereocenters.